The molecular formula is C11H11IO2. The molecule has 1 aromatic carbocycles. The third-order valence-corrected chi connectivity index (χ3v) is 3.37. The number of esters is 1. The van der Waals surface area contributed by atoms with E-state index in [2.05, 4.69) is 34.7 Å². The van der Waals surface area contributed by atoms with Crippen LogP contribution in [0.15, 0.2) is 30.3 Å². The van der Waals surface area contributed by atoms with Crippen LogP contribution in [-0.4, -0.2) is 16.5 Å². The third-order valence-electron chi connectivity index (χ3n) is 2.50. The van der Waals surface area contributed by atoms with Gasteiger partial charge in [-0.3, -0.25) is 4.79 Å². The molecule has 0 aliphatic carbocycles. The molecule has 0 unspecified atom stereocenters. The minimum atomic E-state index is -0.0690. The summed E-state index contributed by atoms with van der Waals surface area (Å²) < 4.78 is 6.10. The van der Waals surface area contributed by atoms with Gasteiger partial charge in [-0.25, -0.2) is 0 Å². The molecule has 0 spiro atoms. The van der Waals surface area contributed by atoms with Crippen LogP contribution >= 0.6 is 22.6 Å². The Balaban J connectivity index is 2.22. The number of alkyl halides is 1. The number of carbonyl (C=O) groups excluding carboxylic acids is 1. The van der Waals surface area contributed by atoms with Gasteiger partial charge in [0.2, 0.25) is 0 Å². The van der Waals surface area contributed by atoms with Crippen molar-refractivity contribution in [3.63, 3.8) is 0 Å². The van der Waals surface area contributed by atoms with Gasteiger partial charge < -0.3 is 4.74 Å². The zero-order valence-electron chi connectivity index (χ0n) is 7.65. The van der Waals surface area contributed by atoms with E-state index in [-0.39, 0.29) is 18.0 Å². The summed E-state index contributed by atoms with van der Waals surface area (Å²) in [6, 6.07) is 10.1. The van der Waals surface area contributed by atoms with Crippen LogP contribution in [0.3, 0.4) is 0 Å². The topological polar surface area (TPSA) is 26.3 Å². The van der Waals surface area contributed by atoms with Gasteiger partial charge in [-0.2, -0.15) is 0 Å². The second kappa shape index (κ2) is 4.29. The molecule has 0 radical (unpaired) electrons. The van der Waals surface area contributed by atoms with Crippen molar-refractivity contribution in [2.75, 3.05) is 4.43 Å². The molecule has 1 aliphatic rings. The van der Waals surface area contributed by atoms with Crippen LogP contribution in [0.5, 0.6) is 0 Å². The van der Waals surface area contributed by atoms with Crippen LogP contribution in [0.25, 0.3) is 0 Å². The fourth-order valence-electron chi connectivity index (χ4n) is 1.78. The monoisotopic (exact) mass is 302 g/mol. The SMILES string of the molecule is O=C1C[C@@H](c2ccccc2)[C@H](CI)O1. The van der Waals surface area contributed by atoms with Crippen LogP contribution in [0.2, 0.25) is 0 Å². The first-order valence-corrected chi connectivity index (χ1v) is 6.14. The molecule has 1 fully saturated rings. The molecule has 3 heteroatoms. The van der Waals surface area contributed by atoms with E-state index in [4.69, 9.17) is 4.74 Å². The van der Waals surface area contributed by atoms with Crippen molar-refractivity contribution >= 4 is 28.6 Å². The standard InChI is InChI=1S/C11H11IO2/c12-7-10-9(6-11(13)14-10)8-4-2-1-3-5-8/h1-5,9-10H,6-7H2/t9-,10-/m0/s1. The van der Waals surface area contributed by atoms with Gasteiger partial charge >= 0.3 is 5.97 Å². The first kappa shape index (κ1) is 9.96. The maximum absolute atomic E-state index is 11.2. The molecule has 74 valence electrons. The van der Waals surface area contributed by atoms with E-state index in [0.29, 0.717) is 6.42 Å². The van der Waals surface area contributed by atoms with Crippen LogP contribution in [-0.2, 0) is 9.53 Å². The van der Waals surface area contributed by atoms with Crippen LogP contribution in [0, 0.1) is 0 Å². The van der Waals surface area contributed by atoms with E-state index in [9.17, 15) is 4.79 Å². The van der Waals surface area contributed by atoms with Crippen molar-refractivity contribution in [1.29, 1.82) is 0 Å². The van der Waals surface area contributed by atoms with Crippen LogP contribution in [0.4, 0.5) is 0 Å². The van der Waals surface area contributed by atoms with Gasteiger partial charge in [0.15, 0.2) is 0 Å². The molecule has 0 saturated carbocycles. The highest BCUT2D eigenvalue weighted by Crippen LogP contribution is 2.32. The van der Waals surface area contributed by atoms with Gasteiger partial charge in [-0.1, -0.05) is 52.9 Å². The molecule has 1 saturated heterocycles. The van der Waals surface area contributed by atoms with E-state index in [1.54, 1.807) is 0 Å². The van der Waals surface area contributed by atoms with Gasteiger partial charge in [0.25, 0.3) is 0 Å². The van der Waals surface area contributed by atoms with Gasteiger partial charge in [0.1, 0.15) is 6.10 Å². The van der Waals surface area contributed by atoms with E-state index in [1.165, 1.54) is 5.56 Å². The summed E-state index contributed by atoms with van der Waals surface area (Å²) >= 11 is 2.26. The second-order valence-electron chi connectivity index (χ2n) is 3.40. The molecular weight excluding hydrogens is 291 g/mol. The third kappa shape index (κ3) is 1.92. The Morgan fingerprint density at radius 1 is 1.36 bits per heavy atom. The van der Waals surface area contributed by atoms with E-state index < -0.39 is 0 Å². The zero-order valence-corrected chi connectivity index (χ0v) is 9.81. The Hall–Kier alpha value is -0.580. The van der Waals surface area contributed by atoms with Crippen molar-refractivity contribution in [3.05, 3.63) is 35.9 Å². The fraction of sp³-hybridized carbons (Fsp3) is 0.364. The predicted octanol–water partition coefficient (Wildman–Crippen LogP) is 2.52. The lowest BCUT2D eigenvalue weighted by molar-refractivity contribution is -0.140. The number of ether oxygens (including phenoxy) is 1. The normalized spacial score (nSPS) is 26.2. The summed E-state index contributed by atoms with van der Waals surface area (Å²) in [5, 5.41) is 0. The lowest BCUT2D eigenvalue weighted by Gasteiger charge is -2.14. The summed E-state index contributed by atoms with van der Waals surface area (Å²) in [6.45, 7) is 0. The average Bonchev–Trinajstić information content (AvgIpc) is 2.61. The van der Waals surface area contributed by atoms with Crippen molar-refractivity contribution in [2.45, 2.75) is 18.4 Å². The van der Waals surface area contributed by atoms with Crippen LogP contribution < -0.4 is 0 Å². The van der Waals surface area contributed by atoms with Gasteiger partial charge in [0, 0.05) is 10.3 Å². The highest BCUT2D eigenvalue weighted by Gasteiger charge is 2.34. The average molecular weight is 302 g/mol. The van der Waals surface area contributed by atoms with Gasteiger partial charge in [-0.05, 0) is 5.56 Å². The predicted molar refractivity (Wildman–Crippen MR) is 62.6 cm³/mol. The number of benzene rings is 1. The molecule has 2 nitrogen and oxygen atoms in total. The Labute approximate surface area is 96.8 Å². The van der Waals surface area contributed by atoms with Crippen molar-refractivity contribution < 1.29 is 9.53 Å². The Morgan fingerprint density at radius 2 is 2.07 bits per heavy atom. The van der Waals surface area contributed by atoms with E-state index in [1.807, 2.05) is 18.2 Å². The number of cyclic esters (lactones) is 1. The first-order valence-electron chi connectivity index (χ1n) is 4.61. The first-order chi connectivity index (χ1) is 6.81. The Bertz CT molecular complexity index is 323. The van der Waals surface area contributed by atoms with E-state index >= 15 is 0 Å². The van der Waals surface area contributed by atoms with Crippen LogP contribution in [0.1, 0.15) is 17.9 Å². The Morgan fingerprint density at radius 3 is 2.71 bits per heavy atom. The minimum absolute atomic E-state index is 0.0606. The second-order valence-corrected chi connectivity index (χ2v) is 4.28. The Kier molecular flexibility index (Phi) is 3.05. The van der Waals surface area contributed by atoms with Crippen molar-refractivity contribution in [1.82, 2.24) is 0 Å². The maximum atomic E-state index is 11.2. The molecule has 0 amide bonds. The summed E-state index contributed by atoms with van der Waals surface area (Å²) in [6.07, 6.45) is 0.586. The van der Waals surface area contributed by atoms with Crippen molar-refractivity contribution in [2.24, 2.45) is 0 Å². The zero-order chi connectivity index (χ0) is 9.97. The molecule has 1 aromatic rings. The molecule has 0 aromatic heterocycles. The highest BCUT2D eigenvalue weighted by molar-refractivity contribution is 14.1. The number of hydrogen-bond acceptors (Lipinski definition) is 2. The van der Waals surface area contributed by atoms with Gasteiger partial charge in [-0.15, -0.1) is 0 Å². The maximum Gasteiger partial charge on any atom is 0.306 e. The quantitative estimate of drug-likeness (QED) is 0.477. The van der Waals surface area contributed by atoms with Gasteiger partial charge in [0.05, 0.1) is 6.42 Å². The smallest absolute Gasteiger partial charge is 0.306 e. The minimum Gasteiger partial charge on any atom is -0.461 e. The molecule has 0 bridgehead atoms. The highest BCUT2D eigenvalue weighted by atomic mass is 127. The lowest BCUT2D eigenvalue weighted by atomic mass is 9.93. The van der Waals surface area contributed by atoms with Crippen molar-refractivity contribution in [3.8, 4) is 0 Å². The molecule has 14 heavy (non-hydrogen) atoms. The number of hydrogen-bond donors (Lipinski definition) is 0. The molecule has 1 aliphatic heterocycles. The number of rotatable bonds is 2. The number of halogens is 1. The number of carbonyl (C=O) groups is 1. The summed E-state index contributed by atoms with van der Waals surface area (Å²) in [5.74, 6) is 0.182. The lowest BCUT2D eigenvalue weighted by Crippen LogP contribution is -2.15. The largest absolute Gasteiger partial charge is 0.461 e. The van der Waals surface area contributed by atoms with E-state index in [0.717, 1.165) is 4.43 Å². The fourth-order valence-corrected chi connectivity index (χ4v) is 2.58. The molecule has 2 atom stereocenters. The summed E-state index contributed by atoms with van der Waals surface area (Å²) in [7, 11) is 0. The molecule has 2 rings (SSSR count). The summed E-state index contributed by atoms with van der Waals surface area (Å²) in [5.41, 5.74) is 1.21. The summed E-state index contributed by atoms with van der Waals surface area (Å²) in [4.78, 5) is 11.2. The molecule has 1 heterocycles. The molecule has 0 N–H and O–H groups in total.